The fourth-order valence-electron chi connectivity index (χ4n) is 1.49. The van der Waals surface area contributed by atoms with Crippen molar-refractivity contribution in [2.75, 3.05) is 5.73 Å². The Balaban J connectivity index is 2.58. The number of rotatable bonds is 1. The van der Waals surface area contributed by atoms with E-state index in [-0.39, 0.29) is 0 Å². The summed E-state index contributed by atoms with van der Waals surface area (Å²) in [5.41, 5.74) is 7.21. The van der Waals surface area contributed by atoms with Gasteiger partial charge in [0, 0.05) is 21.3 Å². The Morgan fingerprint density at radius 2 is 1.69 bits per heavy atom. The van der Waals surface area contributed by atoms with E-state index in [4.69, 9.17) is 28.9 Å². The van der Waals surface area contributed by atoms with E-state index in [1.54, 1.807) is 30.3 Å². The molecule has 2 N–H and O–H groups in total. The molecule has 2 aromatic carbocycles. The van der Waals surface area contributed by atoms with Crippen molar-refractivity contribution >= 4 is 28.9 Å². The number of hydrogen-bond acceptors (Lipinski definition) is 1. The van der Waals surface area contributed by atoms with Crippen LogP contribution in [0, 0.1) is 5.82 Å². The molecule has 0 amide bonds. The van der Waals surface area contributed by atoms with Crippen LogP contribution in [0.4, 0.5) is 10.1 Å². The van der Waals surface area contributed by atoms with Crippen LogP contribution in [0.25, 0.3) is 11.1 Å². The summed E-state index contributed by atoms with van der Waals surface area (Å²) in [5, 5.41) is 0.834. The molecule has 2 aromatic rings. The van der Waals surface area contributed by atoms with Crippen LogP contribution in [0.1, 0.15) is 0 Å². The van der Waals surface area contributed by atoms with Crippen molar-refractivity contribution in [1.29, 1.82) is 0 Å². The van der Waals surface area contributed by atoms with Crippen molar-refractivity contribution in [2.45, 2.75) is 0 Å². The van der Waals surface area contributed by atoms with Crippen molar-refractivity contribution in [3.8, 4) is 11.1 Å². The summed E-state index contributed by atoms with van der Waals surface area (Å²) in [4.78, 5) is 0. The van der Waals surface area contributed by atoms with Crippen LogP contribution < -0.4 is 5.73 Å². The molecule has 0 saturated carbocycles. The number of benzene rings is 2. The fraction of sp³-hybridized carbons (Fsp3) is 0. The number of halogens is 3. The minimum Gasteiger partial charge on any atom is -0.399 e. The van der Waals surface area contributed by atoms with Crippen LogP contribution in [0.5, 0.6) is 0 Å². The summed E-state index contributed by atoms with van der Waals surface area (Å²) in [6.45, 7) is 0. The zero-order valence-corrected chi connectivity index (χ0v) is 9.69. The van der Waals surface area contributed by atoms with Crippen LogP contribution in [-0.2, 0) is 0 Å². The maximum atomic E-state index is 13.6. The molecule has 82 valence electrons. The molecule has 0 aliphatic carbocycles. The number of anilines is 1. The maximum absolute atomic E-state index is 13.6. The first kappa shape index (κ1) is 11.2. The molecule has 4 heteroatoms. The van der Waals surface area contributed by atoms with Crippen LogP contribution in [-0.4, -0.2) is 0 Å². The zero-order chi connectivity index (χ0) is 11.7. The highest BCUT2D eigenvalue weighted by Crippen LogP contribution is 2.29. The van der Waals surface area contributed by atoms with Gasteiger partial charge >= 0.3 is 0 Å². The highest BCUT2D eigenvalue weighted by molar-refractivity contribution is 6.31. The van der Waals surface area contributed by atoms with E-state index in [1.165, 1.54) is 6.07 Å². The number of nitrogens with two attached hydrogens (primary N) is 1. The van der Waals surface area contributed by atoms with E-state index in [2.05, 4.69) is 0 Å². The lowest BCUT2D eigenvalue weighted by Crippen LogP contribution is -1.88. The summed E-state index contributed by atoms with van der Waals surface area (Å²) in [6.07, 6.45) is 0. The standard InChI is InChI=1S/C12H8Cl2FN/c13-8-1-2-11(12(15)6-8)7-3-9(14)5-10(16)4-7/h1-6H,16H2. The zero-order valence-electron chi connectivity index (χ0n) is 8.18. The monoisotopic (exact) mass is 255 g/mol. The second-order valence-corrected chi connectivity index (χ2v) is 4.27. The van der Waals surface area contributed by atoms with E-state index >= 15 is 0 Å². The molecule has 0 fully saturated rings. The second kappa shape index (κ2) is 4.32. The smallest absolute Gasteiger partial charge is 0.132 e. The Morgan fingerprint density at radius 3 is 2.31 bits per heavy atom. The molecule has 0 atom stereocenters. The average Bonchev–Trinajstić information content (AvgIpc) is 2.15. The van der Waals surface area contributed by atoms with Crippen LogP contribution >= 0.6 is 23.2 Å². The SMILES string of the molecule is Nc1cc(Cl)cc(-c2ccc(Cl)cc2F)c1. The molecule has 0 aliphatic heterocycles. The summed E-state index contributed by atoms with van der Waals surface area (Å²) in [5.74, 6) is -0.394. The molecule has 0 bridgehead atoms. The van der Waals surface area contributed by atoms with Gasteiger partial charge in [-0.3, -0.25) is 0 Å². The first-order chi connectivity index (χ1) is 7.56. The van der Waals surface area contributed by atoms with Crippen molar-refractivity contribution in [1.82, 2.24) is 0 Å². The third-order valence-corrected chi connectivity index (χ3v) is 2.62. The fourth-order valence-corrected chi connectivity index (χ4v) is 1.89. The van der Waals surface area contributed by atoms with Crippen molar-refractivity contribution in [3.05, 3.63) is 52.3 Å². The third-order valence-electron chi connectivity index (χ3n) is 2.16. The molecule has 0 heterocycles. The minimum atomic E-state index is -0.394. The van der Waals surface area contributed by atoms with Crippen molar-refractivity contribution in [3.63, 3.8) is 0 Å². The summed E-state index contributed by atoms with van der Waals surface area (Å²) >= 11 is 11.5. The predicted molar refractivity (Wildman–Crippen MR) is 66.3 cm³/mol. The topological polar surface area (TPSA) is 26.0 Å². The Hall–Kier alpha value is -1.25. The van der Waals surface area contributed by atoms with E-state index in [1.807, 2.05) is 0 Å². The summed E-state index contributed by atoms with van der Waals surface area (Å²) in [7, 11) is 0. The second-order valence-electron chi connectivity index (χ2n) is 3.40. The molecular formula is C12H8Cl2FN. The lowest BCUT2D eigenvalue weighted by molar-refractivity contribution is 0.631. The van der Waals surface area contributed by atoms with Crippen molar-refractivity contribution < 1.29 is 4.39 Å². The third kappa shape index (κ3) is 2.29. The Kier molecular flexibility index (Phi) is 3.03. The molecule has 0 aliphatic rings. The van der Waals surface area contributed by atoms with Crippen LogP contribution in [0.2, 0.25) is 10.0 Å². The van der Waals surface area contributed by atoms with Gasteiger partial charge in [0.1, 0.15) is 5.82 Å². The van der Waals surface area contributed by atoms with Gasteiger partial charge in [0.25, 0.3) is 0 Å². The average molecular weight is 256 g/mol. The van der Waals surface area contributed by atoms with E-state index in [0.29, 0.717) is 26.9 Å². The normalized spacial score (nSPS) is 10.4. The van der Waals surface area contributed by atoms with Gasteiger partial charge in [-0.25, -0.2) is 4.39 Å². The molecular weight excluding hydrogens is 248 g/mol. The van der Waals surface area contributed by atoms with Gasteiger partial charge in [0.2, 0.25) is 0 Å². The van der Waals surface area contributed by atoms with Crippen LogP contribution in [0.15, 0.2) is 36.4 Å². The van der Waals surface area contributed by atoms with Gasteiger partial charge in [0.15, 0.2) is 0 Å². The van der Waals surface area contributed by atoms with Gasteiger partial charge in [-0.15, -0.1) is 0 Å². The largest absolute Gasteiger partial charge is 0.399 e. The van der Waals surface area contributed by atoms with Gasteiger partial charge in [-0.1, -0.05) is 23.2 Å². The molecule has 0 radical (unpaired) electrons. The maximum Gasteiger partial charge on any atom is 0.132 e. The van der Waals surface area contributed by atoms with Crippen molar-refractivity contribution in [2.24, 2.45) is 0 Å². The Bertz CT molecular complexity index is 520. The van der Waals surface area contributed by atoms with Crippen LogP contribution in [0.3, 0.4) is 0 Å². The molecule has 0 aromatic heterocycles. The quantitative estimate of drug-likeness (QED) is 0.752. The van der Waals surface area contributed by atoms with Gasteiger partial charge in [-0.2, -0.15) is 0 Å². The highest BCUT2D eigenvalue weighted by Gasteiger charge is 2.07. The lowest BCUT2D eigenvalue weighted by atomic mass is 10.0. The molecule has 0 saturated heterocycles. The molecule has 1 nitrogen and oxygen atoms in total. The highest BCUT2D eigenvalue weighted by atomic mass is 35.5. The van der Waals surface area contributed by atoms with E-state index < -0.39 is 5.82 Å². The molecule has 16 heavy (non-hydrogen) atoms. The Labute approximate surface area is 103 Å². The van der Waals surface area contributed by atoms with E-state index in [0.717, 1.165) is 0 Å². The van der Waals surface area contributed by atoms with Gasteiger partial charge in [-0.05, 0) is 42.0 Å². The number of nitrogen functional groups attached to an aromatic ring is 1. The Morgan fingerprint density at radius 1 is 0.938 bits per heavy atom. The molecule has 0 spiro atoms. The predicted octanol–water partition coefficient (Wildman–Crippen LogP) is 4.38. The van der Waals surface area contributed by atoms with E-state index in [9.17, 15) is 4.39 Å². The van der Waals surface area contributed by atoms with Gasteiger partial charge in [0.05, 0.1) is 0 Å². The first-order valence-electron chi connectivity index (χ1n) is 4.58. The van der Waals surface area contributed by atoms with Gasteiger partial charge < -0.3 is 5.73 Å². The summed E-state index contributed by atoms with van der Waals surface area (Å²) in [6, 6.07) is 9.41. The minimum absolute atomic E-state index is 0.358. The summed E-state index contributed by atoms with van der Waals surface area (Å²) < 4.78 is 13.6. The first-order valence-corrected chi connectivity index (χ1v) is 5.33. The number of hydrogen-bond donors (Lipinski definition) is 1. The lowest BCUT2D eigenvalue weighted by Gasteiger charge is -2.06. The molecule has 0 unspecified atom stereocenters. The molecule has 2 rings (SSSR count).